The molecule has 0 aliphatic heterocycles. The topological polar surface area (TPSA) is 85.2 Å². The molecule has 0 radical (unpaired) electrons. The largest absolute Gasteiger partial charge is 0.504 e. The van der Waals surface area contributed by atoms with Gasteiger partial charge in [-0.3, -0.25) is 9.59 Å². The minimum absolute atomic E-state index is 0.0985. The number of ether oxygens (including phenoxy) is 1. The zero-order valence-corrected chi connectivity index (χ0v) is 21.4. The van der Waals surface area contributed by atoms with Crippen LogP contribution >= 0.6 is 0 Å². The average molecular weight is 526 g/mol. The van der Waals surface area contributed by atoms with Gasteiger partial charge in [0.15, 0.2) is 5.76 Å². The molecule has 4 rings (SSSR count). The first-order chi connectivity index (χ1) is 17.9. The Morgan fingerprint density at radius 2 is 1.87 bits per heavy atom. The number of aromatic nitrogens is 4. The number of carbonyl (C=O) groups is 1. The summed E-state index contributed by atoms with van der Waals surface area (Å²) in [5, 5.41) is 3.86. The number of halogens is 3. The van der Waals surface area contributed by atoms with Crippen molar-refractivity contribution in [3.05, 3.63) is 87.9 Å². The number of pyridine rings is 1. The van der Waals surface area contributed by atoms with Crippen LogP contribution in [0.15, 0.2) is 65.7 Å². The molecule has 198 valence electrons. The van der Waals surface area contributed by atoms with Gasteiger partial charge in [0, 0.05) is 60.5 Å². The molecule has 1 amide bonds. The fourth-order valence-electron chi connectivity index (χ4n) is 4.17. The standard InChI is InChI=1S/C27H26F3N5O3/c1-6-19(23(14-33(4)15-36)38-25-16(2)8-7-9-17(25)3)21-13-34(5)26(37)24-20(21)10-22(32-24)18-11-31-35(12-18)27(28,29)30/h6-15,32H,1-5H3/b19-6-,23-14+. The highest BCUT2D eigenvalue weighted by Crippen LogP contribution is 2.35. The molecule has 0 fully saturated rings. The minimum atomic E-state index is -4.67. The predicted molar refractivity (Wildman–Crippen MR) is 138 cm³/mol. The first kappa shape index (κ1) is 26.5. The fourth-order valence-corrected chi connectivity index (χ4v) is 4.17. The molecule has 3 aromatic heterocycles. The second-order valence-electron chi connectivity index (χ2n) is 8.86. The van der Waals surface area contributed by atoms with Gasteiger partial charge in [0.05, 0.1) is 6.20 Å². The number of carbonyl (C=O) groups excluding carboxylic acids is 1. The van der Waals surface area contributed by atoms with E-state index < -0.39 is 6.30 Å². The van der Waals surface area contributed by atoms with Gasteiger partial charge < -0.3 is 19.2 Å². The number of nitrogens with zero attached hydrogens (tertiary/aromatic N) is 4. The molecule has 0 saturated carbocycles. The van der Waals surface area contributed by atoms with Gasteiger partial charge in [0.1, 0.15) is 11.3 Å². The number of H-pyrrole nitrogens is 1. The molecule has 0 bridgehead atoms. The Morgan fingerprint density at radius 3 is 2.45 bits per heavy atom. The fraction of sp³-hybridized carbons (Fsp3) is 0.222. The third-order valence-corrected chi connectivity index (χ3v) is 6.07. The van der Waals surface area contributed by atoms with Crippen molar-refractivity contribution in [2.45, 2.75) is 27.1 Å². The lowest BCUT2D eigenvalue weighted by Gasteiger charge is -2.19. The van der Waals surface area contributed by atoms with Crippen molar-refractivity contribution in [2.75, 3.05) is 7.05 Å². The minimum Gasteiger partial charge on any atom is -0.455 e. The highest BCUT2D eigenvalue weighted by Gasteiger charge is 2.32. The number of hydrogen-bond acceptors (Lipinski definition) is 4. The lowest BCUT2D eigenvalue weighted by atomic mass is 10.0. The molecule has 0 atom stereocenters. The zero-order valence-electron chi connectivity index (χ0n) is 21.4. The second kappa shape index (κ2) is 10.1. The van der Waals surface area contributed by atoms with E-state index in [2.05, 4.69) is 10.1 Å². The third kappa shape index (κ3) is 4.99. The van der Waals surface area contributed by atoms with Crippen molar-refractivity contribution in [3.63, 3.8) is 0 Å². The van der Waals surface area contributed by atoms with Crippen molar-refractivity contribution < 1.29 is 22.7 Å². The van der Waals surface area contributed by atoms with Gasteiger partial charge in [-0.1, -0.05) is 24.3 Å². The second-order valence-corrected chi connectivity index (χ2v) is 8.86. The number of rotatable bonds is 7. The number of hydrogen-bond donors (Lipinski definition) is 1. The van der Waals surface area contributed by atoms with Crippen LogP contribution in [0.4, 0.5) is 13.2 Å². The Balaban J connectivity index is 1.91. The molecular formula is C27H26F3N5O3. The molecule has 38 heavy (non-hydrogen) atoms. The van der Waals surface area contributed by atoms with Crippen LogP contribution in [0.2, 0.25) is 0 Å². The van der Waals surface area contributed by atoms with E-state index in [1.54, 1.807) is 39.4 Å². The van der Waals surface area contributed by atoms with E-state index in [0.29, 0.717) is 40.1 Å². The van der Waals surface area contributed by atoms with Crippen molar-refractivity contribution in [3.8, 4) is 17.0 Å². The average Bonchev–Trinajstić information content (AvgIpc) is 3.52. The summed E-state index contributed by atoms with van der Waals surface area (Å²) in [6.07, 6.45) is 2.83. The Hall–Kier alpha value is -4.54. The SMILES string of the molecule is C/C=C(\C(=C/N(C)C=O)Oc1c(C)cccc1C)c1cn(C)c(=O)c2[nH]c(-c3cnn(C(F)(F)F)c3)cc12. The van der Waals surface area contributed by atoms with E-state index in [1.165, 1.54) is 15.7 Å². The molecule has 0 aliphatic rings. The third-order valence-electron chi connectivity index (χ3n) is 6.07. The number of nitrogens with one attached hydrogen (secondary N) is 1. The monoisotopic (exact) mass is 525 g/mol. The van der Waals surface area contributed by atoms with Gasteiger partial charge >= 0.3 is 6.30 Å². The van der Waals surface area contributed by atoms with Crippen LogP contribution in [0.5, 0.6) is 5.75 Å². The zero-order chi connectivity index (χ0) is 27.8. The van der Waals surface area contributed by atoms with E-state index in [1.807, 2.05) is 32.0 Å². The molecule has 3 heterocycles. The lowest BCUT2D eigenvalue weighted by Crippen LogP contribution is -2.18. The molecule has 0 spiro atoms. The molecule has 0 saturated heterocycles. The quantitative estimate of drug-likeness (QED) is 0.203. The molecule has 1 N–H and O–H groups in total. The van der Waals surface area contributed by atoms with E-state index in [0.717, 1.165) is 23.5 Å². The van der Waals surface area contributed by atoms with Crippen LogP contribution in [0.3, 0.4) is 0 Å². The van der Waals surface area contributed by atoms with E-state index >= 15 is 0 Å². The molecule has 4 aromatic rings. The van der Waals surface area contributed by atoms with Crippen LogP contribution in [-0.2, 0) is 18.1 Å². The molecule has 0 unspecified atom stereocenters. The molecule has 0 aliphatic carbocycles. The number of fused-ring (bicyclic) bond motifs is 1. The maximum Gasteiger partial charge on any atom is 0.504 e. The van der Waals surface area contributed by atoms with Gasteiger partial charge in [-0.2, -0.15) is 9.78 Å². The highest BCUT2D eigenvalue weighted by molar-refractivity contribution is 5.97. The van der Waals surface area contributed by atoms with Crippen LogP contribution in [-0.4, -0.2) is 37.7 Å². The first-order valence-electron chi connectivity index (χ1n) is 11.6. The van der Waals surface area contributed by atoms with E-state index in [-0.39, 0.29) is 21.3 Å². The van der Waals surface area contributed by atoms with Crippen LogP contribution in [0.25, 0.3) is 27.7 Å². The lowest BCUT2D eigenvalue weighted by molar-refractivity contribution is -0.212. The summed E-state index contributed by atoms with van der Waals surface area (Å²) in [6.45, 7) is 5.60. The normalized spacial score (nSPS) is 12.7. The van der Waals surface area contributed by atoms with Crippen molar-refractivity contribution in [1.29, 1.82) is 0 Å². The first-order valence-corrected chi connectivity index (χ1v) is 11.6. The summed E-state index contributed by atoms with van der Waals surface area (Å²) < 4.78 is 46.9. The summed E-state index contributed by atoms with van der Waals surface area (Å²) in [7, 11) is 3.14. The molecule has 8 nitrogen and oxygen atoms in total. The molecular weight excluding hydrogens is 499 g/mol. The van der Waals surface area contributed by atoms with Gasteiger partial charge in [0.25, 0.3) is 5.56 Å². The number of aromatic amines is 1. The summed E-state index contributed by atoms with van der Waals surface area (Å²) in [5.74, 6) is 0.958. The molecule has 11 heteroatoms. The van der Waals surface area contributed by atoms with E-state index in [9.17, 15) is 22.8 Å². The number of alkyl halides is 3. The summed E-state index contributed by atoms with van der Waals surface area (Å²) in [6, 6.07) is 7.33. The Kier molecular flexibility index (Phi) is 7.03. The summed E-state index contributed by atoms with van der Waals surface area (Å²) in [4.78, 5) is 28.7. The maximum absolute atomic E-state index is 13.1. The summed E-state index contributed by atoms with van der Waals surface area (Å²) >= 11 is 0. The number of benzene rings is 1. The molecule has 1 aromatic carbocycles. The van der Waals surface area contributed by atoms with Crippen molar-refractivity contribution in [1.82, 2.24) is 24.2 Å². The van der Waals surface area contributed by atoms with Gasteiger partial charge in [-0.15, -0.1) is 13.2 Å². The Labute approximate surface area is 216 Å². The van der Waals surface area contributed by atoms with Crippen molar-refractivity contribution in [2.24, 2.45) is 7.05 Å². The van der Waals surface area contributed by atoms with Gasteiger partial charge in [0.2, 0.25) is 6.41 Å². The number of allylic oxidation sites excluding steroid dienone is 2. The summed E-state index contributed by atoms with van der Waals surface area (Å²) in [5.41, 5.74) is 3.21. The Morgan fingerprint density at radius 1 is 1.18 bits per heavy atom. The number of aryl methyl sites for hydroxylation is 3. The van der Waals surface area contributed by atoms with Crippen molar-refractivity contribution >= 4 is 22.9 Å². The number of para-hydroxylation sites is 1. The van der Waals surface area contributed by atoms with Crippen LogP contribution < -0.4 is 10.3 Å². The van der Waals surface area contributed by atoms with Gasteiger partial charge in [-0.05, 0) is 38.0 Å². The predicted octanol–water partition coefficient (Wildman–Crippen LogP) is 5.24. The Bertz CT molecular complexity index is 1620. The van der Waals surface area contributed by atoms with Crippen LogP contribution in [0.1, 0.15) is 23.6 Å². The highest BCUT2D eigenvalue weighted by atomic mass is 19.4. The van der Waals surface area contributed by atoms with Crippen LogP contribution in [0, 0.1) is 13.8 Å². The maximum atomic E-state index is 13.1. The number of amides is 1. The smallest absolute Gasteiger partial charge is 0.455 e. The van der Waals surface area contributed by atoms with Gasteiger partial charge in [-0.25, -0.2) is 0 Å². The van der Waals surface area contributed by atoms with E-state index in [4.69, 9.17) is 4.74 Å².